The van der Waals surface area contributed by atoms with Crippen LogP contribution in [0.3, 0.4) is 0 Å². The number of nitrogens with zero attached hydrogens (tertiary/aromatic N) is 1. The third-order valence-corrected chi connectivity index (χ3v) is 15.2. The van der Waals surface area contributed by atoms with E-state index in [4.69, 9.17) is 4.74 Å². The predicted octanol–water partition coefficient (Wildman–Crippen LogP) is 19.5. The summed E-state index contributed by atoms with van der Waals surface area (Å²) in [6.07, 6.45) is 0. The lowest BCUT2D eigenvalue weighted by Crippen LogP contribution is -2.10. The Morgan fingerprint density at radius 1 is 0.246 bits per heavy atom. The third kappa shape index (κ3) is 6.47. The van der Waals surface area contributed by atoms with Crippen LogP contribution in [-0.4, -0.2) is 0 Å². The molecule has 0 radical (unpaired) electrons. The van der Waals surface area contributed by atoms with Crippen LogP contribution in [0.2, 0.25) is 0 Å². The van der Waals surface area contributed by atoms with Crippen LogP contribution in [0.4, 0.5) is 17.1 Å². The van der Waals surface area contributed by atoms with Crippen LogP contribution in [-0.2, 0) is 0 Å². The maximum absolute atomic E-state index is 6.65. The van der Waals surface area contributed by atoms with E-state index in [-0.39, 0.29) is 0 Å². The molecule has 0 saturated heterocycles. The Morgan fingerprint density at radius 3 is 1.35 bits per heavy atom. The van der Waals surface area contributed by atoms with Crippen LogP contribution in [0.1, 0.15) is 0 Å². The maximum atomic E-state index is 6.65. The lowest BCUT2D eigenvalue weighted by atomic mass is 9.93. The first-order valence-electron chi connectivity index (χ1n) is 23.6. The van der Waals surface area contributed by atoms with Crippen molar-refractivity contribution >= 4 is 102 Å². The van der Waals surface area contributed by atoms with Crippen molar-refractivity contribution in [2.45, 2.75) is 0 Å². The molecule has 0 saturated carbocycles. The molecule has 12 aromatic carbocycles. The van der Waals surface area contributed by atoms with Gasteiger partial charge in [-0.3, -0.25) is 0 Å². The summed E-state index contributed by atoms with van der Waals surface area (Å²) in [4.78, 5) is 2.43. The standard InChI is InChI=1S/C66H41NOS/c1-2-16-42(17-3-1)43-30-32-44(33-31-43)67(46-34-36-53-55-24-10-13-27-63(55)68-64-28-14-11-25-56(64)59(53)39-46)45-35-37-54-58(38-45)51-22-8-6-20-49(51)47-18-4-5-19-48(47)50-21-7-9-23-52(50)61-41-66-62(40-60(54)61)57-26-12-15-29-65(57)69-66/h1-41H. The molecule has 0 spiro atoms. The van der Waals surface area contributed by atoms with Gasteiger partial charge in [-0.25, -0.2) is 0 Å². The third-order valence-electron chi connectivity index (χ3n) is 14.1. The molecule has 2 heterocycles. The zero-order valence-electron chi connectivity index (χ0n) is 37.4. The zero-order chi connectivity index (χ0) is 45.4. The van der Waals surface area contributed by atoms with Crippen molar-refractivity contribution in [1.82, 2.24) is 0 Å². The Kier molecular flexibility index (Phi) is 9.11. The molecule has 14 rings (SSSR count). The molecule has 69 heavy (non-hydrogen) atoms. The number of anilines is 3. The number of thiophene rings is 1. The summed E-state index contributed by atoms with van der Waals surface area (Å²) in [5.41, 5.74) is 9.94. The minimum absolute atomic E-state index is 0.845. The van der Waals surface area contributed by atoms with E-state index in [2.05, 4.69) is 248 Å². The number of hydrogen-bond donors (Lipinski definition) is 0. The Labute approximate surface area is 403 Å². The van der Waals surface area contributed by atoms with Crippen molar-refractivity contribution in [1.29, 1.82) is 0 Å². The number of rotatable bonds is 4. The van der Waals surface area contributed by atoms with Crippen molar-refractivity contribution < 1.29 is 4.74 Å². The van der Waals surface area contributed by atoms with Crippen molar-refractivity contribution in [3.05, 3.63) is 249 Å². The smallest absolute Gasteiger partial charge is 0.135 e. The summed E-state index contributed by atoms with van der Waals surface area (Å²) < 4.78 is 9.24. The average Bonchev–Trinajstić information content (AvgIpc) is 3.72. The lowest BCUT2D eigenvalue weighted by molar-refractivity contribution is 0.488. The fourth-order valence-corrected chi connectivity index (χ4v) is 12.0. The van der Waals surface area contributed by atoms with Crippen LogP contribution < -0.4 is 9.64 Å². The van der Waals surface area contributed by atoms with Gasteiger partial charge in [-0.05, 0) is 143 Å². The molecule has 322 valence electrons. The number of fused-ring (bicyclic) bond motifs is 18. The molecule has 2 nitrogen and oxygen atoms in total. The first kappa shape index (κ1) is 39.4. The van der Waals surface area contributed by atoms with Gasteiger partial charge in [0.25, 0.3) is 0 Å². The van der Waals surface area contributed by atoms with Crippen LogP contribution in [0.25, 0.3) is 107 Å². The van der Waals surface area contributed by atoms with E-state index in [1.165, 1.54) is 85.2 Å². The first-order valence-corrected chi connectivity index (χ1v) is 24.4. The number of para-hydroxylation sites is 2. The molecule has 0 atom stereocenters. The number of hydrogen-bond acceptors (Lipinski definition) is 3. The molecule has 0 aliphatic carbocycles. The van der Waals surface area contributed by atoms with Crippen molar-refractivity contribution in [3.63, 3.8) is 0 Å². The molecule has 0 unspecified atom stereocenters. The van der Waals surface area contributed by atoms with Crippen LogP contribution in [0, 0.1) is 0 Å². The lowest BCUT2D eigenvalue weighted by Gasteiger charge is -2.27. The second kappa shape index (κ2) is 16.0. The highest BCUT2D eigenvalue weighted by atomic mass is 32.1. The van der Waals surface area contributed by atoms with Crippen molar-refractivity contribution in [2.75, 3.05) is 4.90 Å². The number of ether oxygens (including phenoxy) is 1. The van der Waals surface area contributed by atoms with E-state index in [1.807, 2.05) is 17.4 Å². The van der Waals surface area contributed by atoms with Gasteiger partial charge in [-0.15, -0.1) is 11.3 Å². The molecular formula is C66H41NOS. The minimum atomic E-state index is 0.845. The monoisotopic (exact) mass is 895 g/mol. The van der Waals surface area contributed by atoms with Gasteiger partial charge < -0.3 is 9.64 Å². The highest BCUT2D eigenvalue weighted by molar-refractivity contribution is 7.25. The molecule has 1 aliphatic heterocycles. The van der Waals surface area contributed by atoms with Gasteiger partial charge in [0.05, 0.1) is 0 Å². The van der Waals surface area contributed by atoms with Gasteiger partial charge in [0, 0.05) is 48.4 Å². The second-order valence-electron chi connectivity index (χ2n) is 17.9. The van der Waals surface area contributed by atoms with E-state index >= 15 is 0 Å². The fraction of sp³-hybridized carbons (Fsp3) is 0. The summed E-state index contributed by atoms with van der Waals surface area (Å²) in [7, 11) is 0. The van der Waals surface area contributed by atoms with Crippen LogP contribution in [0.5, 0.6) is 11.5 Å². The van der Waals surface area contributed by atoms with Crippen LogP contribution in [0.15, 0.2) is 249 Å². The molecule has 0 fully saturated rings. The minimum Gasteiger partial charge on any atom is -0.456 e. The van der Waals surface area contributed by atoms with E-state index < -0.39 is 0 Å². The molecular weight excluding hydrogens is 855 g/mol. The van der Waals surface area contributed by atoms with Gasteiger partial charge in [-0.2, -0.15) is 0 Å². The Balaban J connectivity index is 1.11. The summed E-state index contributed by atoms with van der Waals surface area (Å²) in [5, 5.41) is 14.7. The predicted molar refractivity (Wildman–Crippen MR) is 296 cm³/mol. The van der Waals surface area contributed by atoms with Crippen molar-refractivity contribution in [2.24, 2.45) is 0 Å². The van der Waals surface area contributed by atoms with Crippen LogP contribution >= 0.6 is 11.3 Å². The van der Waals surface area contributed by atoms with Crippen molar-refractivity contribution in [3.8, 4) is 44.9 Å². The summed E-state index contributed by atoms with van der Waals surface area (Å²) in [6, 6.07) is 91.2. The second-order valence-corrected chi connectivity index (χ2v) is 19.0. The summed E-state index contributed by atoms with van der Waals surface area (Å²) in [6.45, 7) is 0. The summed E-state index contributed by atoms with van der Waals surface area (Å²) in [5.74, 6) is 1.70. The highest BCUT2D eigenvalue weighted by Crippen LogP contribution is 2.50. The molecule has 0 amide bonds. The molecule has 3 heteroatoms. The normalized spacial score (nSPS) is 11.9. The Hall–Kier alpha value is -8.76. The molecule has 1 aliphatic rings. The molecule has 0 N–H and O–H groups in total. The maximum Gasteiger partial charge on any atom is 0.135 e. The molecule has 0 bridgehead atoms. The van der Waals surface area contributed by atoms with Gasteiger partial charge in [-0.1, -0.05) is 182 Å². The topological polar surface area (TPSA) is 12.5 Å². The van der Waals surface area contributed by atoms with E-state index in [1.54, 1.807) is 0 Å². The fourth-order valence-electron chi connectivity index (χ4n) is 10.9. The van der Waals surface area contributed by atoms with E-state index in [9.17, 15) is 0 Å². The van der Waals surface area contributed by atoms with E-state index in [0.717, 1.165) is 50.8 Å². The van der Waals surface area contributed by atoms with Gasteiger partial charge >= 0.3 is 0 Å². The van der Waals surface area contributed by atoms with Gasteiger partial charge in [0.2, 0.25) is 0 Å². The average molecular weight is 896 g/mol. The SMILES string of the molecule is c1ccc(-c2ccc(N(c3ccc4c(c3)-c3ccccc3Oc3ccccc3-4)c3ccc4c(c3)c3ccccc3c3ccccc3c3ccccc3c3cc5sc6ccccc6c5cc43)cc2)cc1. The first-order chi connectivity index (χ1) is 34.2. The Morgan fingerprint density at radius 2 is 0.696 bits per heavy atom. The van der Waals surface area contributed by atoms with Gasteiger partial charge in [0.1, 0.15) is 11.5 Å². The quantitative estimate of drug-likeness (QED) is 0.175. The molecule has 13 aromatic rings. The Bertz CT molecular complexity index is 4280. The van der Waals surface area contributed by atoms with Gasteiger partial charge in [0.15, 0.2) is 0 Å². The largest absolute Gasteiger partial charge is 0.456 e. The highest BCUT2D eigenvalue weighted by Gasteiger charge is 2.23. The zero-order valence-corrected chi connectivity index (χ0v) is 38.3. The number of benzene rings is 11. The molecule has 1 aromatic heterocycles. The summed E-state index contributed by atoms with van der Waals surface area (Å²) >= 11 is 1.88. The van der Waals surface area contributed by atoms with E-state index in [0.29, 0.717) is 0 Å².